The highest BCUT2D eigenvalue weighted by Crippen LogP contribution is 2.53. The maximum atomic E-state index is 14.1. The number of benzene rings is 2. The summed E-state index contributed by atoms with van der Waals surface area (Å²) < 4.78 is 31.5. The van der Waals surface area contributed by atoms with E-state index in [1.165, 1.54) is 48.2 Å². The fourth-order valence-electron chi connectivity index (χ4n) is 5.48. The number of anilines is 1. The molecule has 2 fully saturated rings. The zero-order valence-electron chi connectivity index (χ0n) is 22.0. The molecule has 3 aliphatic rings. The number of likely N-dealkylation sites (tertiary alicyclic amines) is 1. The van der Waals surface area contributed by atoms with Crippen molar-refractivity contribution < 1.29 is 32.6 Å². The maximum Gasteiger partial charge on any atom is 0.296 e. The SMILES string of the molecule is CN1C(=O)[C@]2(C(=C(O)c3ccc(S(=O)(=O)N(C)C)cc3)C(=O)C(=O)N2CCN2CCOCC2)c2ccccc21. The van der Waals surface area contributed by atoms with Crippen molar-refractivity contribution in [3.8, 4) is 0 Å². The number of fused-ring (bicyclic) bond motifs is 2. The second-order valence-electron chi connectivity index (χ2n) is 9.87. The Balaban J connectivity index is 1.66. The third-order valence-electron chi connectivity index (χ3n) is 7.59. The monoisotopic (exact) mass is 554 g/mol. The Morgan fingerprint density at radius 1 is 1.00 bits per heavy atom. The van der Waals surface area contributed by atoms with Crippen LogP contribution in [0.15, 0.2) is 59.0 Å². The van der Waals surface area contributed by atoms with Crippen LogP contribution < -0.4 is 4.90 Å². The summed E-state index contributed by atoms with van der Waals surface area (Å²) in [5.74, 6) is -2.93. The number of carbonyl (C=O) groups is 3. The van der Waals surface area contributed by atoms with Crippen molar-refractivity contribution in [2.75, 3.05) is 65.4 Å². The number of sulfonamides is 1. The Labute approximate surface area is 226 Å². The number of Topliss-reactive ketones (excluding diaryl/α,β-unsaturated/α-hetero) is 1. The van der Waals surface area contributed by atoms with E-state index in [0.29, 0.717) is 44.1 Å². The number of ether oxygens (including phenoxy) is 1. The average Bonchev–Trinajstić information content (AvgIpc) is 3.30. The minimum atomic E-state index is -3.73. The van der Waals surface area contributed by atoms with Crippen LogP contribution in [0.25, 0.3) is 5.76 Å². The van der Waals surface area contributed by atoms with E-state index in [-0.39, 0.29) is 22.6 Å². The van der Waals surface area contributed by atoms with Crippen LogP contribution >= 0.6 is 0 Å². The second kappa shape index (κ2) is 9.87. The number of para-hydroxylation sites is 1. The minimum Gasteiger partial charge on any atom is -0.507 e. The standard InChI is InChI=1S/C27H30N4O7S/c1-28(2)39(36,37)19-10-8-18(9-11-19)23(32)22-24(33)25(34)31(13-12-30-14-16-38-17-15-30)27(22)20-6-4-5-7-21(20)29(3)26(27)35/h4-11,32H,12-17H2,1-3H3/t27-/m1/s1. The van der Waals surface area contributed by atoms with Gasteiger partial charge in [0.2, 0.25) is 10.0 Å². The first-order valence-electron chi connectivity index (χ1n) is 12.5. The molecule has 1 spiro atoms. The lowest BCUT2D eigenvalue weighted by Crippen LogP contribution is -2.53. The van der Waals surface area contributed by atoms with Gasteiger partial charge in [0.25, 0.3) is 17.6 Å². The Hall–Kier alpha value is -3.58. The number of morpholine rings is 1. The van der Waals surface area contributed by atoms with Crippen molar-refractivity contribution in [1.29, 1.82) is 0 Å². The molecule has 2 aromatic carbocycles. The summed E-state index contributed by atoms with van der Waals surface area (Å²) in [5, 5.41) is 11.5. The maximum absolute atomic E-state index is 14.1. The highest BCUT2D eigenvalue weighted by molar-refractivity contribution is 7.89. The van der Waals surface area contributed by atoms with Crippen LogP contribution in [-0.2, 0) is 34.7 Å². The lowest BCUT2D eigenvalue weighted by atomic mass is 9.82. The molecule has 2 aromatic rings. The summed E-state index contributed by atoms with van der Waals surface area (Å²) in [6, 6.07) is 12.2. The molecule has 0 unspecified atom stereocenters. The first kappa shape index (κ1) is 27.0. The molecule has 206 valence electrons. The lowest BCUT2D eigenvalue weighted by Gasteiger charge is -2.36. The van der Waals surface area contributed by atoms with Crippen molar-refractivity contribution in [2.45, 2.75) is 10.4 Å². The second-order valence-corrected chi connectivity index (χ2v) is 12.0. The van der Waals surface area contributed by atoms with Crippen LogP contribution in [0, 0.1) is 0 Å². The number of likely N-dealkylation sites (N-methyl/N-ethyl adjacent to an activating group) is 1. The highest BCUT2D eigenvalue weighted by atomic mass is 32.2. The number of hydrogen-bond acceptors (Lipinski definition) is 8. The van der Waals surface area contributed by atoms with Gasteiger partial charge in [-0.1, -0.05) is 18.2 Å². The first-order valence-corrected chi connectivity index (χ1v) is 14.0. The van der Waals surface area contributed by atoms with Crippen molar-refractivity contribution in [3.05, 3.63) is 65.2 Å². The van der Waals surface area contributed by atoms with Crippen LogP contribution in [0.4, 0.5) is 5.69 Å². The molecule has 0 aliphatic carbocycles. The van der Waals surface area contributed by atoms with Gasteiger partial charge in [-0.3, -0.25) is 19.3 Å². The molecule has 1 N–H and O–H groups in total. The van der Waals surface area contributed by atoms with Gasteiger partial charge < -0.3 is 19.6 Å². The molecule has 5 rings (SSSR count). The molecule has 0 aromatic heterocycles. The Morgan fingerprint density at radius 3 is 2.28 bits per heavy atom. The summed E-state index contributed by atoms with van der Waals surface area (Å²) in [6.45, 7) is 2.90. The van der Waals surface area contributed by atoms with Crippen molar-refractivity contribution in [1.82, 2.24) is 14.1 Å². The molecule has 0 bridgehead atoms. The van der Waals surface area contributed by atoms with E-state index in [2.05, 4.69) is 4.90 Å². The molecule has 2 saturated heterocycles. The van der Waals surface area contributed by atoms with Gasteiger partial charge in [0.05, 0.1) is 23.7 Å². The zero-order valence-corrected chi connectivity index (χ0v) is 22.8. The van der Waals surface area contributed by atoms with E-state index in [9.17, 15) is 27.9 Å². The van der Waals surface area contributed by atoms with Gasteiger partial charge in [-0.05, 0) is 30.3 Å². The molecule has 0 saturated carbocycles. The fraction of sp³-hybridized carbons (Fsp3) is 0.370. The topological polar surface area (TPSA) is 128 Å². The number of amides is 2. The number of nitrogens with zero attached hydrogens (tertiary/aromatic N) is 4. The Morgan fingerprint density at radius 2 is 1.64 bits per heavy atom. The summed E-state index contributed by atoms with van der Waals surface area (Å²) in [5.41, 5.74) is -1.13. The van der Waals surface area contributed by atoms with E-state index in [1.807, 2.05) is 0 Å². The molecule has 12 heteroatoms. The van der Waals surface area contributed by atoms with Gasteiger partial charge in [0.1, 0.15) is 5.76 Å². The third kappa shape index (κ3) is 4.06. The first-order chi connectivity index (χ1) is 18.5. The van der Waals surface area contributed by atoms with Crippen LogP contribution in [-0.4, -0.2) is 106 Å². The zero-order chi connectivity index (χ0) is 28.1. The van der Waals surface area contributed by atoms with Gasteiger partial charge >= 0.3 is 0 Å². The molecule has 1 atom stereocenters. The molecule has 2 amide bonds. The average molecular weight is 555 g/mol. The molecular formula is C27H30N4O7S. The van der Waals surface area contributed by atoms with E-state index in [0.717, 1.165) is 4.31 Å². The summed E-state index contributed by atoms with van der Waals surface area (Å²) >= 11 is 0. The molecule has 11 nitrogen and oxygen atoms in total. The molecule has 0 radical (unpaired) electrons. The largest absolute Gasteiger partial charge is 0.507 e. The normalized spacial score (nSPS) is 23.3. The third-order valence-corrected chi connectivity index (χ3v) is 9.42. The van der Waals surface area contributed by atoms with Gasteiger partial charge in [0, 0.05) is 64.1 Å². The Kier molecular flexibility index (Phi) is 6.83. The van der Waals surface area contributed by atoms with Gasteiger partial charge in [-0.25, -0.2) is 12.7 Å². The summed E-state index contributed by atoms with van der Waals surface area (Å²) in [7, 11) is 0.644. The van der Waals surface area contributed by atoms with Crippen molar-refractivity contribution in [3.63, 3.8) is 0 Å². The van der Waals surface area contributed by atoms with E-state index >= 15 is 0 Å². The molecule has 39 heavy (non-hydrogen) atoms. The highest BCUT2D eigenvalue weighted by Gasteiger charge is 2.66. The number of ketones is 1. The van der Waals surface area contributed by atoms with Gasteiger partial charge in [-0.2, -0.15) is 0 Å². The predicted molar refractivity (Wildman–Crippen MR) is 142 cm³/mol. The number of hydrogen-bond donors (Lipinski definition) is 1. The molecular weight excluding hydrogens is 524 g/mol. The number of rotatable bonds is 6. The van der Waals surface area contributed by atoms with Gasteiger partial charge in [0.15, 0.2) is 5.54 Å². The number of aliphatic hydroxyl groups is 1. The Bertz CT molecular complexity index is 1480. The van der Waals surface area contributed by atoms with Crippen LogP contribution in [0.3, 0.4) is 0 Å². The number of aliphatic hydroxyl groups excluding tert-OH is 1. The quantitative estimate of drug-likeness (QED) is 0.316. The summed E-state index contributed by atoms with van der Waals surface area (Å²) in [4.78, 5) is 46.0. The van der Waals surface area contributed by atoms with Crippen LogP contribution in [0.5, 0.6) is 0 Å². The van der Waals surface area contributed by atoms with Crippen LogP contribution in [0.2, 0.25) is 0 Å². The minimum absolute atomic E-state index is 0.00764. The number of carbonyl (C=O) groups excluding carboxylic acids is 3. The van der Waals surface area contributed by atoms with Gasteiger partial charge in [-0.15, -0.1) is 0 Å². The predicted octanol–water partition coefficient (Wildman–Crippen LogP) is 0.821. The lowest BCUT2D eigenvalue weighted by molar-refractivity contribution is -0.144. The molecule has 3 heterocycles. The van der Waals surface area contributed by atoms with E-state index < -0.39 is 38.9 Å². The van der Waals surface area contributed by atoms with Crippen LogP contribution in [0.1, 0.15) is 11.1 Å². The van der Waals surface area contributed by atoms with Crippen molar-refractivity contribution >= 4 is 39.1 Å². The van der Waals surface area contributed by atoms with E-state index in [4.69, 9.17) is 4.74 Å². The fourth-order valence-corrected chi connectivity index (χ4v) is 6.38. The van der Waals surface area contributed by atoms with Crippen molar-refractivity contribution in [2.24, 2.45) is 0 Å². The summed E-state index contributed by atoms with van der Waals surface area (Å²) in [6.07, 6.45) is 0. The smallest absolute Gasteiger partial charge is 0.296 e. The van der Waals surface area contributed by atoms with E-state index in [1.54, 1.807) is 31.3 Å². The molecule has 3 aliphatic heterocycles.